The largest absolute Gasteiger partial charge is 0.463 e. The molecule has 1 aromatic carbocycles. The molecule has 0 aromatic heterocycles. The van der Waals surface area contributed by atoms with Crippen LogP contribution in [0.5, 0.6) is 0 Å². The van der Waals surface area contributed by atoms with Gasteiger partial charge in [-0.05, 0) is 53.6 Å². The van der Waals surface area contributed by atoms with Gasteiger partial charge in [0.15, 0.2) is 15.6 Å². The van der Waals surface area contributed by atoms with Crippen molar-refractivity contribution in [3.05, 3.63) is 45.0 Å². The maximum absolute atomic E-state index is 13.1. The van der Waals surface area contributed by atoms with E-state index in [0.29, 0.717) is 19.6 Å². The Balaban J connectivity index is 1.93. The molecule has 1 aromatic rings. The van der Waals surface area contributed by atoms with E-state index in [4.69, 9.17) is 14.2 Å². The predicted octanol–water partition coefficient (Wildman–Crippen LogP) is 2.60. The second-order valence-electron chi connectivity index (χ2n) is 6.25. The smallest absolute Gasteiger partial charge is 0.335 e. The Labute approximate surface area is 166 Å². The van der Waals surface area contributed by atoms with E-state index >= 15 is 0 Å². The molecule has 1 saturated heterocycles. The molecule has 0 N–H and O–H groups in total. The standard InChI is InChI=1S/C18H21IO6S/c1-2-23-17(20)14-11-18(24-9-10-25-18)8-7-16(14)26(21,22)12-13-5-3-4-6-15(13)19/h3-6,11,16H,2,7-10,12H2,1H3. The van der Waals surface area contributed by atoms with E-state index in [0.717, 1.165) is 9.13 Å². The average Bonchev–Trinajstić information content (AvgIpc) is 3.04. The normalized spacial score (nSPS) is 22.2. The summed E-state index contributed by atoms with van der Waals surface area (Å²) in [6.07, 6.45) is 2.17. The Bertz CT molecular complexity index is 811. The first-order chi connectivity index (χ1) is 12.4. The SMILES string of the molecule is CCOC(=O)C1=CC2(CCC1S(=O)(=O)Cc1ccccc1I)OCCO2. The van der Waals surface area contributed by atoms with Crippen LogP contribution in [0, 0.1) is 3.57 Å². The Kier molecular flexibility index (Phi) is 6.05. The summed E-state index contributed by atoms with van der Waals surface area (Å²) in [5.74, 6) is -1.75. The van der Waals surface area contributed by atoms with E-state index in [1.54, 1.807) is 13.0 Å². The van der Waals surface area contributed by atoms with Crippen molar-refractivity contribution in [1.29, 1.82) is 0 Å². The zero-order valence-corrected chi connectivity index (χ0v) is 17.4. The minimum Gasteiger partial charge on any atom is -0.463 e. The third-order valence-corrected chi connectivity index (χ3v) is 7.63. The summed E-state index contributed by atoms with van der Waals surface area (Å²) in [4.78, 5) is 12.4. The van der Waals surface area contributed by atoms with Gasteiger partial charge in [0, 0.05) is 9.99 Å². The van der Waals surface area contributed by atoms with Crippen molar-refractivity contribution >= 4 is 38.4 Å². The molecule has 8 heteroatoms. The van der Waals surface area contributed by atoms with Crippen LogP contribution in [0.4, 0.5) is 0 Å². The second kappa shape index (κ2) is 7.95. The van der Waals surface area contributed by atoms with Crippen molar-refractivity contribution in [2.75, 3.05) is 19.8 Å². The maximum Gasteiger partial charge on any atom is 0.335 e. The molecule has 1 fully saturated rings. The molecule has 3 rings (SSSR count). The van der Waals surface area contributed by atoms with Crippen molar-refractivity contribution in [3.63, 3.8) is 0 Å². The minimum atomic E-state index is -3.60. The van der Waals surface area contributed by atoms with Crippen LogP contribution in [-0.2, 0) is 34.6 Å². The summed E-state index contributed by atoms with van der Waals surface area (Å²) in [7, 11) is -3.60. The Morgan fingerprint density at radius 1 is 1.31 bits per heavy atom. The number of hydrogen-bond donors (Lipinski definition) is 0. The number of hydrogen-bond acceptors (Lipinski definition) is 6. The van der Waals surface area contributed by atoms with Gasteiger partial charge in [-0.25, -0.2) is 13.2 Å². The summed E-state index contributed by atoms with van der Waals surface area (Å²) in [6, 6.07) is 7.33. The third kappa shape index (κ3) is 4.13. The summed E-state index contributed by atoms with van der Waals surface area (Å²) in [6.45, 7) is 2.71. The molecule has 0 saturated carbocycles. The van der Waals surface area contributed by atoms with Gasteiger partial charge < -0.3 is 14.2 Å². The first kappa shape index (κ1) is 19.8. The van der Waals surface area contributed by atoms with Crippen LogP contribution < -0.4 is 0 Å². The van der Waals surface area contributed by atoms with E-state index in [1.807, 2.05) is 18.2 Å². The fourth-order valence-electron chi connectivity index (χ4n) is 3.30. The van der Waals surface area contributed by atoms with Gasteiger partial charge in [-0.1, -0.05) is 18.2 Å². The molecule has 1 heterocycles. The molecule has 1 spiro atoms. The molecule has 142 valence electrons. The first-order valence-electron chi connectivity index (χ1n) is 8.50. The number of carbonyl (C=O) groups is 1. The van der Waals surface area contributed by atoms with Gasteiger partial charge in [0.1, 0.15) is 0 Å². The van der Waals surface area contributed by atoms with Crippen molar-refractivity contribution in [2.24, 2.45) is 0 Å². The fourth-order valence-corrected chi connectivity index (χ4v) is 6.05. The molecular weight excluding hydrogens is 471 g/mol. The number of ether oxygens (including phenoxy) is 3. The number of esters is 1. The summed E-state index contributed by atoms with van der Waals surface area (Å²) >= 11 is 2.12. The zero-order chi connectivity index (χ0) is 18.8. The Morgan fingerprint density at radius 2 is 2.00 bits per heavy atom. The van der Waals surface area contributed by atoms with Crippen LogP contribution in [0.25, 0.3) is 0 Å². The van der Waals surface area contributed by atoms with Crippen molar-refractivity contribution in [1.82, 2.24) is 0 Å². The number of sulfone groups is 1. The van der Waals surface area contributed by atoms with Crippen LogP contribution in [0.2, 0.25) is 0 Å². The van der Waals surface area contributed by atoms with Crippen LogP contribution in [-0.4, -0.2) is 45.2 Å². The highest BCUT2D eigenvalue weighted by atomic mass is 127. The van der Waals surface area contributed by atoms with Gasteiger partial charge in [-0.3, -0.25) is 0 Å². The molecule has 6 nitrogen and oxygen atoms in total. The predicted molar refractivity (Wildman–Crippen MR) is 104 cm³/mol. The first-order valence-corrected chi connectivity index (χ1v) is 11.3. The Hall–Kier alpha value is -0.970. The van der Waals surface area contributed by atoms with Gasteiger partial charge in [0.25, 0.3) is 0 Å². The summed E-state index contributed by atoms with van der Waals surface area (Å²) < 4.78 is 43.4. The zero-order valence-electron chi connectivity index (χ0n) is 14.4. The lowest BCUT2D eigenvalue weighted by Crippen LogP contribution is -2.41. The van der Waals surface area contributed by atoms with Crippen LogP contribution in [0.1, 0.15) is 25.3 Å². The molecule has 0 radical (unpaired) electrons. The lowest BCUT2D eigenvalue weighted by molar-refractivity contribution is -0.143. The maximum atomic E-state index is 13.1. The average molecular weight is 492 g/mol. The number of benzene rings is 1. The second-order valence-corrected chi connectivity index (χ2v) is 9.60. The quantitative estimate of drug-likeness (QED) is 0.465. The molecule has 0 amide bonds. The molecule has 1 aliphatic carbocycles. The monoisotopic (exact) mass is 492 g/mol. The van der Waals surface area contributed by atoms with E-state index in [9.17, 15) is 13.2 Å². The number of rotatable bonds is 5. The van der Waals surface area contributed by atoms with E-state index in [2.05, 4.69) is 22.6 Å². The van der Waals surface area contributed by atoms with E-state index in [1.165, 1.54) is 6.08 Å². The van der Waals surface area contributed by atoms with Crippen molar-refractivity contribution in [3.8, 4) is 0 Å². The third-order valence-electron chi connectivity index (χ3n) is 4.51. The number of carbonyl (C=O) groups excluding carboxylic acids is 1. The highest BCUT2D eigenvalue weighted by Gasteiger charge is 2.45. The topological polar surface area (TPSA) is 78.9 Å². The molecule has 0 bridgehead atoms. The van der Waals surface area contributed by atoms with Crippen molar-refractivity contribution < 1.29 is 27.4 Å². The molecule has 2 aliphatic rings. The highest BCUT2D eigenvalue weighted by Crippen LogP contribution is 2.38. The summed E-state index contributed by atoms with van der Waals surface area (Å²) in [5.41, 5.74) is 0.843. The Morgan fingerprint density at radius 3 is 2.65 bits per heavy atom. The highest BCUT2D eigenvalue weighted by molar-refractivity contribution is 14.1. The van der Waals surface area contributed by atoms with Gasteiger partial charge >= 0.3 is 5.97 Å². The molecule has 1 aliphatic heterocycles. The van der Waals surface area contributed by atoms with Crippen LogP contribution >= 0.6 is 22.6 Å². The fraction of sp³-hybridized carbons (Fsp3) is 0.500. The van der Waals surface area contributed by atoms with Gasteiger partial charge in [-0.15, -0.1) is 0 Å². The molecular formula is C18H21IO6S. The van der Waals surface area contributed by atoms with Crippen LogP contribution in [0.3, 0.4) is 0 Å². The lowest BCUT2D eigenvalue weighted by atomic mass is 9.94. The van der Waals surface area contributed by atoms with E-state index < -0.39 is 26.8 Å². The summed E-state index contributed by atoms with van der Waals surface area (Å²) in [5, 5.41) is -0.920. The molecule has 26 heavy (non-hydrogen) atoms. The van der Waals surface area contributed by atoms with Gasteiger partial charge in [0.05, 0.1) is 36.4 Å². The number of halogens is 1. The van der Waals surface area contributed by atoms with E-state index in [-0.39, 0.29) is 24.4 Å². The minimum absolute atomic E-state index is 0.117. The van der Waals surface area contributed by atoms with Crippen LogP contribution in [0.15, 0.2) is 35.9 Å². The van der Waals surface area contributed by atoms with Gasteiger partial charge in [-0.2, -0.15) is 0 Å². The molecule has 1 atom stereocenters. The van der Waals surface area contributed by atoms with Crippen molar-refractivity contribution in [2.45, 2.75) is 36.6 Å². The van der Waals surface area contributed by atoms with Gasteiger partial charge in [0.2, 0.25) is 0 Å². The molecule has 1 unspecified atom stereocenters. The lowest BCUT2D eigenvalue weighted by Gasteiger charge is -2.33.